The van der Waals surface area contributed by atoms with Crippen LogP contribution in [0.15, 0.2) is 0 Å². The second-order valence-electron chi connectivity index (χ2n) is 2.22. The van der Waals surface area contributed by atoms with Gasteiger partial charge in [-0.15, -0.1) is 0 Å². The van der Waals surface area contributed by atoms with E-state index in [1.807, 2.05) is 0 Å². The molecule has 0 radical (unpaired) electrons. The van der Waals surface area contributed by atoms with E-state index in [4.69, 9.17) is 0 Å². The van der Waals surface area contributed by atoms with Crippen molar-refractivity contribution in [3.63, 3.8) is 0 Å². The van der Waals surface area contributed by atoms with E-state index in [0.717, 1.165) is 0 Å². The standard InChI is InChI=1S/C6H12.Al.2FH.H/c1-2-4-6-5-3-1;;;;/h1-6H2;;2*1H;/q;+2;;;/p-2. The van der Waals surface area contributed by atoms with Crippen LogP contribution in [0, 0.1) is 0 Å². The molecule has 0 amide bonds. The summed E-state index contributed by atoms with van der Waals surface area (Å²) in [6.07, 6.45) is 9.00. The van der Waals surface area contributed by atoms with E-state index in [1.165, 1.54) is 38.5 Å². The van der Waals surface area contributed by atoms with Crippen molar-refractivity contribution in [2.24, 2.45) is 0 Å². The van der Waals surface area contributed by atoms with E-state index in [-0.39, 0.29) is 0 Å². The smallest absolute Gasteiger partial charge is 0.377 e. The Hall–Kier alpha value is 0.392. The Balaban J connectivity index is 0.000000187. The van der Waals surface area contributed by atoms with E-state index < -0.39 is 16.1 Å². The van der Waals surface area contributed by atoms with Gasteiger partial charge < -0.3 is 7.05 Å². The summed E-state index contributed by atoms with van der Waals surface area (Å²) in [5.74, 6) is 0. The van der Waals surface area contributed by atoms with Crippen LogP contribution in [0.25, 0.3) is 0 Å². The highest BCUT2D eigenvalue weighted by Crippen LogP contribution is 2.15. The van der Waals surface area contributed by atoms with Gasteiger partial charge in [0, 0.05) is 0 Å². The van der Waals surface area contributed by atoms with Gasteiger partial charge in [0.25, 0.3) is 0 Å². The number of hydrogen-bond donors (Lipinski definition) is 0. The molecule has 0 bridgehead atoms. The van der Waals surface area contributed by atoms with Crippen LogP contribution >= 0.6 is 0 Å². The highest BCUT2D eigenvalue weighted by Gasteiger charge is 1.95. The first-order valence-electron chi connectivity index (χ1n) is 3.53. The minimum Gasteiger partial charge on any atom is -0.377 e. The Labute approximate surface area is 62.3 Å². The SMILES string of the molecule is C1CCCCC1.[F][AlH][F]. The van der Waals surface area contributed by atoms with E-state index >= 15 is 0 Å². The summed E-state index contributed by atoms with van der Waals surface area (Å²) in [5, 5.41) is 0. The molecular weight excluding hydrogens is 137 g/mol. The van der Waals surface area contributed by atoms with Crippen molar-refractivity contribution >= 4 is 16.1 Å². The van der Waals surface area contributed by atoms with Gasteiger partial charge in [-0.3, -0.25) is 0 Å². The van der Waals surface area contributed by atoms with Gasteiger partial charge in [-0.05, 0) is 0 Å². The van der Waals surface area contributed by atoms with Crippen LogP contribution in [0.3, 0.4) is 0 Å². The maximum absolute atomic E-state index is 9.76. The van der Waals surface area contributed by atoms with E-state index in [0.29, 0.717) is 0 Å². The van der Waals surface area contributed by atoms with Crippen LogP contribution in [0.5, 0.6) is 0 Å². The lowest BCUT2D eigenvalue weighted by molar-refractivity contribution is 0.504. The van der Waals surface area contributed by atoms with Crippen molar-refractivity contribution in [2.75, 3.05) is 0 Å². The Morgan fingerprint density at radius 3 is 0.889 bits per heavy atom. The van der Waals surface area contributed by atoms with Crippen LogP contribution in [-0.4, -0.2) is 16.1 Å². The second-order valence-corrected chi connectivity index (χ2v) is 2.42. The largest absolute Gasteiger partial charge is 0.732 e. The molecule has 0 atom stereocenters. The third-order valence-corrected chi connectivity index (χ3v) is 1.50. The summed E-state index contributed by atoms with van der Waals surface area (Å²) in [4.78, 5) is 0. The first kappa shape index (κ1) is 9.39. The fourth-order valence-corrected chi connectivity index (χ4v) is 1.06. The lowest BCUT2D eigenvalue weighted by Gasteiger charge is -2.05. The van der Waals surface area contributed by atoms with Crippen molar-refractivity contribution in [1.29, 1.82) is 0 Å². The second kappa shape index (κ2) is 8.39. The van der Waals surface area contributed by atoms with E-state index in [9.17, 15) is 7.05 Å². The fraction of sp³-hybridized carbons (Fsp3) is 1.00. The predicted octanol–water partition coefficient (Wildman–Crippen LogP) is 2.53. The van der Waals surface area contributed by atoms with E-state index in [1.54, 1.807) is 0 Å². The van der Waals surface area contributed by atoms with Gasteiger partial charge in [-0.1, -0.05) is 38.5 Å². The topological polar surface area (TPSA) is 0 Å². The van der Waals surface area contributed by atoms with Gasteiger partial charge in [0.2, 0.25) is 0 Å². The molecular formula is C6H13AlF2. The first-order chi connectivity index (χ1) is 4.41. The monoisotopic (exact) mass is 150 g/mol. The molecule has 0 saturated heterocycles. The normalized spacial score (nSPS) is 17.6. The van der Waals surface area contributed by atoms with Gasteiger partial charge in [-0.2, -0.15) is 0 Å². The van der Waals surface area contributed by atoms with Crippen molar-refractivity contribution < 1.29 is 7.05 Å². The summed E-state index contributed by atoms with van der Waals surface area (Å²) in [6.45, 7) is 0. The summed E-state index contributed by atoms with van der Waals surface area (Å²) < 4.78 is 19.5. The molecule has 0 aromatic carbocycles. The molecule has 1 aliphatic rings. The average molecular weight is 150 g/mol. The van der Waals surface area contributed by atoms with Gasteiger partial charge in [0.1, 0.15) is 0 Å². The highest BCUT2D eigenvalue weighted by molar-refractivity contribution is 6.15. The molecule has 0 spiro atoms. The molecule has 9 heavy (non-hydrogen) atoms. The molecule has 1 fully saturated rings. The van der Waals surface area contributed by atoms with Gasteiger partial charge in [0.15, 0.2) is 0 Å². The van der Waals surface area contributed by atoms with Crippen LogP contribution in [0.4, 0.5) is 7.05 Å². The maximum Gasteiger partial charge on any atom is 0.732 e. The zero-order valence-electron chi connectivity index (χ0n) is 5.71. The number of rotatable bonds is 0. The lowest BCUT2D eigenvalue weighted by Crippen LogP contribution is -1.85. The van der Waals surface area contributed by atoms with Crippen molar-refractivity contribution in [3.8, 4) is 0 Å². The van der Waals surface area contributed by atoms with Crippen molar-refractivity contribution in [2.45, 2.75) is 38.5 Å². The highest BCUT2D eigenvalue weighted by atomic mass is 27.2. The van der Waals surface area contributed by atoms with Gasteiger partial charge in [-0.25, -0.2) is 0 Å². The van der Waals surface area contributed by atoms with Crippen molar-refractivity contribution in [1.82, 2.24) is 0 Å². The number of hydrogen-bond acceptors (Lipinski definition) is 0. The Kier molecular flexibility index (Phi) is 8.76. The molecule has 0 nitrogen and oxygen atoms in total. The third kappa shape index (κ3) is 8.39. The average Bonchev–Trinajstić information content (AvgIpc) is 1.93. The van der Waals surface area contributed by atoms with Crippen LogP contribution in [0.1, 0.15) is 38.5 Å². The quantitative estimate of drug-likeness (QED) is 0.465. The fourth-order valence-electron chi connectivity index (χ4n) is 1.06. The summed E-state index contributed by atoms with van der Waals surface area (Å²) in [5.41, 5.74) is 0. The van der Waals surface area contributed by atoms with Gasteiger partial charge in [0.05, 0.1) is 0 Å². The zero-order valence-corrected chi connectivity index (χ0v) is 7.12. The maximum atomic E-state index is 9.76. The van der Waals surface area contributed by atoms with E-state index in [2.05, 4.69) is 0 Å². The minimum absolute atomic E-state index is 1.50. The van der Waals surface area contributed by atoms with Gasteiger partial charge >= 0.3 is 16.1 Å². The lowest BCUT2D eigenvalue weighted by atomic mass is 10.0. The molecule has 0 aromatic heterocycles. The first-order valence-corrected chi connectivity index (χ1v) is 4.60. The van der Waals surface area contributed by atoms with Crippen LogP contribution in [0.2, 0.25) is 0 Å². The predicted molar refractivity (Wildman–Crippen MR) is 37.1 cm³/mol. The third-order valence-electron chi connectivity index (χ3n) is 1.50. The Morgan fingerprint density at radius 2 is 0.778 bits per heavy atom. The molecule has 0 N–H and O–H groups in total. The zero-order chi connectivity index (χ0) is 6.95. The molecule has 0 aliphatic heterocycles. The van der Waals surface area contributed by atoms with Crippen LogP contribution in [-0.2, 0) is 0 Å². The summed E-state index contributed by atoms with van der Waals surface area (Å²) >= 11 is -2.58. The summed E-state index contributed by atoms with van der Waals surface area (Å²) in [6, 6.07) is 0. The molecule has 3 heteroatoms. The Morgan fingerprint density at radius 1 is 0.667 bits per heavy atom. The molecule has 1 rings (SSSR count). The molecule has 54 valence electrons. The molecule has 0 aromatic rings. The molecule has 0 heterocycles. The van der Waals surface area contributed by atoms with Crippen LogP contribution < -0.4 is 0 Å². The summed E-state index contributed by atoms with van der Waals surface area (Å²) in [7, 11) is 0. The Bertz CT molecular complexity index is 34.8. The molecule has 1 aliphatic carbocycles. The minimum atomic E-state index is -2.58. The number of halogens is 2. The van der Waals surface area contributed by atoms with Crippen molar-refractivity contribution in [3.05, 3.63) is 0 Å². The molecule has 1 saturated carbocycles. The molecule has 0 unspecified atom stereocenters.